The molecule has 0 fully saturated rings. The average molecular weight is 255 g/mol. The van der Waals surface area contributed by atoms with Gasteiger partial charge < -0.3 is 5.32 Å². The summed E-state index contributed by atoms with van der Waals surface area (Å²) in [5.41, 5.74) is 2.62. The number of pyridine rings is 1. The highest BCUT2D eigenvalue weighted by Crippen LogP contribution is 2.11. The molecule has 0 aliphatic rings. The second kappa shape index (κ2) is 6.90. The van der Waals surface area contributed by atoms with Crippen molar-refractivity contribution in [2.75, 3.05) is 18.9 Å². The first-order valence-corrected chi connectivity index (χ1v) is 6.69. The highest BCUT2D eigenvalue weighted by atomic mass is 15.1. The van der Waals surface area contributed by atoms with E-state index in [1.54, 1.807) is 0 Å². The van der Waals surface area contributed by atoms with Gasteiger partial charge in [0, 0.05) is 25.8 Å². The second-order valence-electron chi connectivity index (χ2n) is 4.74. The number of rotatable bonds is 6. The number of nitrogens with one attached hydrogen (secondary N) is 1. The topological polar surface area (TPSA) is 28.2 Å². The first-order chi connectivity index (χ1) is 9.28. The van der Waals surface area contributed by atoms with Crippen LogP contribution in [0.15, 0.2) is 48.7 Å². The van der Waals surface area contributed by atoms with E-state index in [9.17, 15) is 0 Å². The van der Waals surface area contributed by atoms with Crippen molar-refractivity contribution in [1.82, 2.24) is 9.88 Å². The van der Waals surface area contributed by atoms with E-state index in [4.69, 9.17) is 0 Å². The number of aromatic nitrogens is 1. The summed E-state index contributed by atoms with van der Waals surface area (Å²) in [6.07, 6.45) is 1.86. The minimum absolute atomic E-state index is 0.899. The van der Waals surface area contributed by atoms with Gasteiger partial charge in [0.2, 0.25) is 0 Å². The van der Waals surface area contributed by atoms with Crippen LogP contribution in [0.3, 0.4) is 0 Å². The summed E-state index contributed by atoms with van der Waals surface area (Å²) in [5, 5.41) is 3.24. The summed E-state index contributed by atoms with van der Waals surface area (Å²) >= 11 is 0. The molecule has 0 radical (unpaired) electrons. The lowest BCUT2D eigenvalue weighted by Gasteiger charge is -2.17. The first kappa shape index (κ1) is 13.6. The Morgan fingerprint density at radius 2 is 1.79 bits per heavy atom. The molecule has 0 spiro atoms. The maximum Gasteiger partial charge on any atom is 0.126 e. The number of hydrogen-bond donors (Lipinski definition) is 1. The van der Waals surface area contributed by atoms with Crippen LogP contribution in [-0.4, -0.2) is 23.5 Å². The molecule has 2 aromatic rings. The van der Waals surface area contributed by atoms with Crippen molar-refractivity contribution in [2.24, 2.45) is 0 Å². The molecule has 2 rings (SSSR count). The molecule has 3 heteroatoms. The van der Waals surface area contributed by atoms with Gasteiger partial charge in [-0.05, 0) is 37.2 Å². The Hall–Kier alpha value is -1.87. The van der Waals surface area contributed by atoms with Crippen molar-refractivity contribution in [3.8, 4) is 0 Å². The molecule has 3 nitrogen and oxygen atoms in total. The van der Waals surface area contributed by atoms with Crippen molar-refractivity contribution in [3.63, 3.8) is 0 Å². The first-order valence-electron chi connectivity index (χ1n) is 6.69. The van der Waals surface area contributed by atoms with Gasteiger partial charge in [0.15, 0.2) is 0 Å². The number of anilines is 1. The average Bonchev–Trinajstić information content (AvgIpc) is 2.40. The summed E-state index contributed by atoms with van der Waals surface area (Å²) in [6.45, 7) is 4.86. The fourth-order valence-electron chi connectivity index (χ4n) is 2.11. The normalized spacial score (nSPS) is 10.7. The van der Waals surface area contributed by atoms with E-state index in [2.05, 4.69) is 71.6 Å². The van der Waals surface area contributed by atoms with Crippen molar-refractivity contribution in [3.05, 3.63) is 59.8 Å². The lowest BCUT2D eigenvalue weighted by Crippen LogP contribution is -2.17. The minimum Gasteiger partial charge on any atom is -0.370 e. The van der Waals surface area contributed by atoms with Gasteiger partial charge in [0.05, 0.1) is 0 Å². The van der Waals surface area contributed by atoms with Gasteiger partial charge in [-0.15, -0.1) is 0 Å². The van der Waals surface area contributed by atoms with Gasteiger partial charge >= 0.3 is 0 Å². The predicted molar refractivity (Wildman–Crippen MR) is 80.0 cm³/mol. The molecule has 1 aromatic carbocycles. The number of hydrogen-bond acceptors (Lipinski definition) is 3. The fraction of sp³-hybridized carbons (Fsp3) is 0.312. The van der Waals surface area contributed by atoms with E-state index in [-0.39, 0.29) is 0 Å². The highest BCUT2D eigenvalue weighted by Gasteiger charge is 2.02. The summed E-state index contributed by atoms with van der Waals surface area (Å²) in [4.78, 5) is 6.60. The molecule has 19 heavy (non-hydrogen) atoms. The molecular formula is C16H21N3. The van der Waals surface area contributed by atoms with E-state index in [1.165, 1.54) is 11.1 Å². The maximum absolute atomic E-state index is 4.29. The highest BCUT2D eigenvalue weighted by molar-refractivity contribution is 5.37. The largest absolute Gasteiger partial charge is 0.370 e. The minimum atomic E-state index is 0.899. The Labute approximate surface area is 115 Å². The van der Waals surface area contributed by atoms with Crippen LogP contribution in [0.5, 0.6) is 0 Å². The second-order valence-corrected chi connectivity index (χ2v) is 4.74. The molecule has 1 N–H and O–H groups in total. The molecular weight excluding hydrogens is 234 g/mol. The zero-order valence-electron chi connectivity index (χ0n) is 11.6. The van der Waals surface area contributed by atoms with Crippen LogP contribution >= 0.6 is 0 Å². The lowest BCUT2D eigenvalue weighted by atomic mass is 10.2. The van der Waals surface area contributed by atoms with Gasteiger partial charge in [-0.2, -0.15) is 0 Å². The van der Waals surface area contributed by atoms with Crippen LogP contribution in [0.1, 0.15) is 18.1 Å². The Balaban J connectivity index is 1.95. The van der Waals surface area contributed by atoms with E-state index >= 15 is 0 Å². The third kappa shape index (κ3) is 4.38. The van der Waals surface area contributed by atoms with Crippen molar-refractivity contribution >= 4 is 5.82 Å². The van der Waals surface area contributed by atoms with Crippen molar-refractivity contribution < 1.29 is 0 Å². The van der Waals surface area contributed by atoms with Crippen molar-refractivity contribution in [1.29, 1.82) is 0 Å². The summed E-state index contributed by atoms with van der Waals surface area (Å²) in [7, 11) is 2.14. The third-order valence-electron chi connectivity index (χ3n) is 2.93. The summed E-state index contributed by atoms with van der Waals surface area (Å²) in [6, 6.07) is 14.7. The maximum atomic E-state index is 4.29. The third-order valence-corrected chi connectivity index (χ3v) is 2.93. The SMILES string of the molecule is CCNc1cc(CN(C)Cc2ccccc2)ccn1. The molecule has 0 aliphatic heterocycles. The Morgan fingerprint density at radius 3 is 2.53 bits per heavy atom. The van der Waals surface area contributed by atoms with Crippen LogP contribution < -0.4 is 5.32 Å². The molecule has 0 atom stereocenters. The quantitative estimate of drug-likeness (QED) is 0.859. The van der Waals surface area contributed by atoms with Crippen molar-refractivity contribution in [2.45, 2.75) is 20.0 Å². The Bertz CT molecular complexity index is 496. The molecule has 0 saturated heterocycles. The monoisotopic (exact) mass is 255 g/mol. The van der Waals surface area contributed by atoms with Gasteiger partial charge in [-0.3, -0.25) is 4.90 Å². The standard InChI is InChI=1S/C16H21N3/c1-3-17-16-11-15(9-10-18-16)13-19(2)12-14-7-5-4-6-8-14/h4-11H,3,12-13H2,1-2H3,(H,17,18). The van der Waals surface area contributed by atoms with Crippen LogP contribution in [0.25, 0.3) is 0 Å². The molecule has 0 aliphatic carbocycles. The molecule has 1 heterocycles. The Morgan fingerprint density at radius 1 is 1.05 bits per heavy atom. The lowest BCUT2D eigenvalue weighted by molar-refractivity contribution is 0.319. The van der Waals surface area contributed by atoms with E-state index in [0.717, 1.165) is 25.5 Å². The molecule has 0 unspecified atom stereocenters. The predicted octanol–water partition coefficient (Wildman–Crippen LogP) is 3.15. The Kier molecular flexibility index (Phi) is 4.93. The number of benzene rings is 1. The smallest absolute Gasteiger partial charge is 0.126 e. The molecule has 0 saturated carbocycles. The van der Waals surface area contributed by atoms with Crippen LogP contribution in [0.2, 0.25) is 0 Å². The summed E-state index contributed by atoms with van der Waals surface area (Å²) in [5.74, 6) is 0.952. The van der Waals surface area contributed by atoms with E-state index in [0.29, 0.717) is 0 Å². The zero-order valence-corrected chi connectivity index (χ0v) is 11.6. The van der Waals surface area contributed by atoms with Gasteiger partial charge in [-0.25, -0.2) is 4.98 Å². The summed E-state index contributed by atoms with van der Waals surface area (Å²) < 4.78 is 0. The van der Waals surface area contributed by atoms with E-state index < -0.39 is 0 Å². The molecule has 1 aromatic heterocycles. The molecule has 100 valence electrons. The van der Waals surface area contributed by atoms with Crippen LogP contribution in [0, 0.1) is 0 Å². The van der Waals surface area contributed by atoms with Crippen LogP contribution in [-0.2, 0) is 13.1 Å². The van der Waals surface area contributed by atoms with E-state index in [1.807, 2.05) is 6.20 Å². The van der Waals surface area contributed by atoms with Gasteiger partial charge in [-0.1, -0.05) is 30.3 Å². The molecule has 0 bridgehead atoms. The fourth-order valence-corrected chi connectivity index (χ4v) is 2.11. The molecule has 0 amide bonds. The van der Waals surface area contributed by atoms with Gasteiger partial charge in [0.25, 0.3) is 0 Å². The zero-order chi connectivity index (χ0) is 13.5. The van der Waals surface area contributed by atoms with Crippen LogP contribution in [0.4, 0.5) is 5.82 Å². The number of nitrogens with zero attached hydrogens (tertiary/aromatic N) is 2. The van der Waals surface area contributed by atoms with Gasteiger partial charge in [0.1, 0.15) is 5.82 Å².